The summed E-state index contributed by atoms with van der Waals surface area (Å²) in [6.45, 7) is 4.78. The number of nitrogens with one attached hydrogen (secondary N) is 8. The molecule has 33 nitrogen and oxygen atoms in total. The number of carbonyl (C=O) groups is 1. The lowest BCUT2D eigenvalue weighted by atomic mass is 10.2. The zero-order chi connectivity index (χ0) is 73.8. The highest BCUT2D eigenvalue weighted by Crippen LogP contribution is 2.35. The van der Waals surface area contributed by atoms with Gasteiger partial charge in [0.05, 0.1) is 61.2 Å². The number of morpholine rings is 1. The summed E-state index contributed by atoms with van der Waals surface area (Å²) in [5.74, 6) is 2.61. The van der Waals surface area contributed by atoms with Crippen LogP contribution in [-0.2, 0) is 4.74 Å². The van der Waals surface area contributed by atoms with E-state index < -0.39 is 10.9 Å². The van der Waals surface area contributed by atoms with Crippen molar-refractivity contribution < 1.29 is 48.4 Å². The van der Waals surface area contributed by atoms with Gasteiger partial charge in [-0.3, -0.25) is 10.1 Å². The molecule has 0 bridgehead atoms. The maximum Gasteiger partial charge on any atom is 0.379 e. The zero-order valence-corrected chi connectivity index (χ0v) is 57.8. The summed E-state index contributed by atoms with van der Waals surface area (Å²) in [6.07, 6.45) is 5.97. The second kappa shape index (κ2) is 36.8. The van der Waals surface area contributed by atoms with Gasteiger partial charge < -0.3 is 70.2 Å². The number of nitrogens with zero attached hydrogens (tertiary/aromatic N) is 14. The summed E-state index contributed by atoms with van der Waals surface area (Å²) in [6, 6.07) is 59.8. The van der Waals surface area contributed by atoms with Crippen molar-refractivity contribution in [2.75, 3.05) is 87.8 Å². The average molecular weight is 1490 g/mol. The Bertz CT molecular complexity index is 4920. The molecule has 0 saturated carbocycles. The highest BCUT2D eigenvalue weighted by molar-refractivity contribution is 9.10. The molecule has 0 radical (unpaired) electrons. The average Bonchev–Trinajstić information content (AvgIpc) is 1.02. The largest absolute Gasteiger partial charge is 0.504 e. The number of halogens is 1. The quantitative estimate of drug-likeness (QED) is 0.00599. The number of esters is 1. The fourth-order valence-corrected chi connectivity index (χ4v) is 9.75. The van der Waals surface area contributed by atoms with Gasteiger partial charge in [-0.15, -0.1) is 0 Å². The number of para-hydroxylation sites is 4. The number of hydrazone groups is 3. The standard InChI is InChI=1S/C27H27N7O5.C23H20BrN7O2.C22H18N8O4/c1-2-37-23-17-19(10-11-21(23)39-24(35)22-9-6-14-38-22)18-28-33-26-30-25(29-20-7-4-3-5-8-20)31-27(32-26)34-12-15-36-16-13-34;1-33-19-13-15(12-18(24)20(19)32)14-25-31-23-29-21(26-16-8-4-2-5-9-16)28-22(30-23)27-17-10-6-3-7-11-17;31-18-11-6-14(12-19(18)32)13-23-29-22-27-20(24-15-4-2-1-3-5-15)26-21(28-22)25-16-7-9-17(10-8-16)30(33)34/h3-11,14,17-18H,2,12-13,15-16H2,1H3,(H2,29,30,31,32,33);2-14,32H,1H3,(H3,26,27,28,29,30,31);1-13,31-32H,(H3,24,25,26,27,28,29)/b28-18+;25-14+;23-13+. The molecule has 13 rings (SSSR count). The minimum atomic E-state index is -0.616. The molecule has 536 valence electrons. The number of carbonyl (C=O) groups excluding carboxylic acids is 1. The smallest absolute Gasteiger partial charge is 0.379 e. The number of hydrogen-bond acceptors (Lipinski definition) is 32. The molecule has 4 aromatic heterocycles. The van der Waals surface area contributed by atoms with Crippen LogP contribution in [-0.4, -0.2) is 130 Å². The molecule has 34 heteroatoms. The van der Waals surface area contributed by atoms with Crippen molar-refractivity contribution in [3.63, 3.8) is 0 Å². The lowest BCUT2D eigenvalue weighted by molar-refractivity contribution is -0.384. The monoisotopic (exact) mass is 1490 g/mol. The summed E-state index contributed by atoms with van der Waals surface area (Å²) >= 11 is 3.30. The molecule has 1 fully saturated rings. The van der Waals surface area contributed by atoms with Crippen LogP contribution in [0.5, 0.6) is 34.5 Å². The first kappa shape index (κ1) is 72.8. The third-order valence-electron chi connectivity index (χ3n) is 14.2. The van der Waals surface area contributed by atoms with Crippen LogP contribution in [0.3, 0.4) is 0 Å². The predicted octanol–water partition coefficient (Wildman–Crippen LogP) is 13.5. The van der Waals surface area contributed by atoms with Gasteiger partial charge in [-0.2, -0.15) is 60.2 Å². The van der Waals surface area contributed by atoms with Crippen molar-refractivity contribution in [3.05, 3.63) is 250 Å². The highest BCUT2D eigenvalue weighted by atomic mass is 79.9. The number of nitro benzene ring substituents is 1. The zero-order valence-electron chi connectivity index (χ0n) is 56.2. The van der Waals surface area contributed by atoms with Crippen molar-refractivity contribution in [2.24, 2.45) is 15.3 Å². The molecule has 11 N–H and O–H groups in total. The minimum Gasteiger partial charge on any atom is -0.504 e. The van der Waals surface area contributed by atoms with Gasteiger partial charge in [0.1, 0.15) is 0 Å². The van der Waals surface area contributed by atoms with Crippen molar-refractivity contribution in [1.82, 2.24) is 44.9 Å². The summed E-state index contributed by atoms with van der Waals surface area (Å²) in [5, 5.41) is 68.0. The molecule has 0 aliphatic carbocycles. The first-order valence-electron chi connectivity index (χ1n) is 32.1. The molecule has 8 aromatic carbocycles. The number of phenols is 3. The minimum absolute atomic E-state index is 0.0216. The van der Waals surface area contributed by atoms with E-state index in [0.29, 0.717) is 95.1 Å². The number of aromatic hydroxyl groups is 3. The number of non-ortho nitro benzene ring substituents is 1. The number of phenolic OH excluding ortho intramolecular Hbond substituents is 3. The van der Waals surface area contributed by atoms with Crippen LogP contribution >= 0.6 is 15.9 Å². The van der Waals surface area contributed by atoms with Crippen molar-refractivity contribution >= 4 is 128 Å². The Morgan fingerprint density at radius 2 is 0.953 bits per heavy atom. The maximum atomic E-state index is 12.3. The van der Waals surface area contributed by atoms with E-state index in [1.54, 1.807) is 54.9 Å². The van der Waals surface area contributed by atoms with Crippen LogP contribution in [0.15, 0.2) is 237 Å². The van der Waals surface area contributed by atoms with E-state index in [2.05, 4.69) is 119 Å². The van der Waals surface area contributed by atoms with E-state index >= 15 is 0 Å². The fourth-order valence-electron chi connectivity index (χ4n) is 9.29. The number of nitro groups is 1. The lowest BCUT2D eigenvalue weighted by Gasteiger charge is -2.27. The lowest BCUT2D eigenvalue weighted by Crippen LogP contribution is -2.37. The number of ether oxygens (including phenoxy) is 4. The van der Waals surface area contributed by atoms with E-state index in [1.807, 2.05) is 133 Å². The Morgan fingerprint density at radius 1 is 0.519 bits per heavy atom. The molecule has 5 heterocycles. The number of hydrogen-bond donors (Lipinski definition) is 11. The maximum absolute atomic E-state index is 12.3. The molecule has 0 spiro atoms. The first-order chi connectivity index (χ1) is 51.7. The SMILES string of the molecule is CCOc1cc(/C=N/Nc2nc(Nc3ccccc3)nc(N3CCOCC3)n2)ccc1OC(=O)c1ccco1.COc1cc(/C=N/Nc2nc(Nc3ccccc3)nc(Nc3ccccc3)n2)cc(Br)c1O.O=[N+]([O-])c1ccc(Nc2nc(N/N=C/c3ccc(O)c(O)c3)nc(Nc3ccccc3)n2)cc1. The van der Waals surface area contributed by atoms with E-state index in [1.165, 1.54) is 62.1 Å². The van der Waals surface area contributed by atoms with E-state index in [-0.39, 0.29) is 64.2 Å². The van der Waals surface area contributed by atoms with Crippen LogP contribution in [0.2, 0.25) is 0 Å². The third kappa shape index (κ3) is 21.8. The van der Waals surface area contributed by atoms with Crippen LogP contribution in [0.4, 0.5) is 87.7 Å². The van der Waals surface area contributed by atoms with Gasteiger partial charge in [0.15, 0.2) is 34.5 Å². The molecule has 106 heavy (non-hydrogen) atoms. The van der Waals surface area contributed by atoms with E-state index in [9.17, 15) is 30.2 Å². The summed E-state index contributed by atoms with van der Waals surface area (Å²) in [5.41, 5.74) is 14.1. The highest BCUT2D eigenvalue weighted by Gasteiger charge is 2.19. The van der Waals surface area contributed by atoms with E-state index in [0.717, 1.165) is 22.7 Å². The van der Waals surface area contributed by atoms with Crippen molar-refractivity contribution in [3.8, 4) is 34.5 Å². The molecule has 0 amide bonds. The summed E-state index contributed by atoms with van der Waals surface area (Å²) < 4.78 is 27.3. The van der Waals surface area contributed by atoms with Crippen molar-refractivity contribution in [2.45, 2.75) is 6.92 Å². The number of rotatable bonds is 26. The Kier molecular flexibility index (Phi) is 25.3. The molecular weight excluding hydrogens is 1430 g/mol. The molecule has 0 atom stereocenters. The molecular formula is C72H65BrN22O11. The van der Waals surface area contributed by atoms with Gasteiger partial charge in [0.2, 0.25) is 59.3 Å². The molecule has 1 saturated heterocycles. The topological polar surface area (TPSA) is 424 Å². The number of benzene rings is 8. The summed E-state index contributed by atoms with van der Waals surface area (Å²) in [4.78, 5) is 64.4. The second-order valence-corrected chi connectivity index (χ2v) is 22.7. The first-order valence-corrected chi connectivity index (χ1v) is 32.9. The normalized spacial score (nSPS) is 11.7. The Balaban J connectivity index is 0.000000159. The van der Waals surface area contributed by atoms with E-state index in [4.69, 9.17) is 23.4 Å². The van der Waals surface area contributed by atoms with Gasteiger partial charge in [0, 0.05) is 53.7 Å². The van der Waals surface area contributed by atoms with Gasteiger partial charge in [-0.05, 0) is 161 Å². The number of methoxy groups -OCH3 is 1. The molecule has 1 aliphatic rings. The second-order valence-electron chi connectivity index (χ2n) is 21.8. The van der Waals surface area contributed by atoms with Gasteiger partial charge in [-0.1, -0.05) is 72.8 Å². The number of anilines is 14. The Morgan fingerprint density at radius 3 is 1.42 bits per heavy atom. The van der Waals surface area contributed by atoms with Crippen molar-refractivity contribution in [1.29, 1.82) is 0 Å². The number of furan rings is 1. The molecule has 12 aromatic rings. The predicted molar refractivity (Wildman–Crippen MR) is 405 cm³/mol. The van der Waals surface area contributed by atoms with Crippen LogP contribution < -0.4 is 62.0 Å². The Labute approximate surface area is 612 Å². The van der Waals surface area contributed by atoms with Gasteiger partial charge >= 0.3 is 5.97 Å². The van der Waals surface area contributed by atoms with Gasteiger partial charge in [-0.25, -0.2) is 21.1 Å². The number of aromatic nitrogens is 9. The van der Waals surface area contributed by atoms with Crippen LogP contribution in [0.1, 0.15) is 34.2 Å². The molecule has 1 aliphatic heterocycles. The fraction of sp³-hybridized carbons (Fsp3) is 0.0972. The third-order valence-corrected chi connectivity index (χ3v) is 14.8. The Hall–Kier alpha value is -14.4. The summed E-state index contributed by atoms with van der Waals surface area (Å²) in [7, 11) is 1.48. The van der Waals surface area contributed by atoms with Gasteiger partial charge in [0.25, 0.3) is 5.69 Å². The van der Waals surface area contributed by atoms with Crippen LogP contribution in [0, 0.1) is 10.1 Å². The molecule has 0 unspecified atom stereocenters. The van der Waals surface area contributed by atoms with Crippen LogP contribution in [0.25, 0.3) is 0 Å².